The molecular weight excluding hydrogens is 364 g/mol. The predicted molar refractivity (Wildman–Crippen MR) is 108 cm³/mol. The summed E-state index contributed by atoms with van der Waals surface area (Å²) in [6, 6.07) is 2.01. The summed E-state index contributed by atoms with van der Waals surface area (Å²) in [4.78, 5) is 20.1. The molecule has 6 nitrogen and oxygen atoms in total. The van der Waals surface area contributed by atoms with Crippen molar-refractivity contribution in [2.45, 2.75) is 51.4 Å². The van der Waals surface area contributed by atoms with Crippen LogP contribution in [0.5, 0.6) is 0 Å². The third-order valence-electron chi connectivity index (χ3n) is 5.56. The summed E-state index contributed by atoms with van der Waals surface area (Å²) in [6.45, 7) is 6.73. The van der Waals surface area contributed by atoms with Crippen molar-refractivity contribution >= 4 is 29.4 Å². The Balaban J connectivity index is 0.00000210. The van der Waals surface area contributed by atoms with Gasteiger partial charge in [-0.2, -0.15) is 0 Å². The third-order valence-corrected chi connectivity index (χ3v) is 5.56. The Labute approximate surface area is 166 Å². The van der Waals surface area contributed by atoms with E-state index in [4.69, 9.17) is 4.52 Å². The molecule has 3 heterocycles. The smallest absolute Gasteiger partial charge is 0.259 e. The van der Waals surface area contributed by atoms with E-state index in [0.29, 0.717) is 17.5 Å². The Morgan fingerprint density at radius 3 is 2.81 bits per heavy atom. The number of amides is 1. The third kappa shape index (κ3) is 3.97. The first-order valence-electron chi connectivity index (χ1n) is 9.82. The van der Waals surface area contributed by atoms with Gasteiger partial charge in [0.1, 0.15) is 0 Å². The quantitative estimate of drug-likeness (QED) is 0.839. The monoisotopic (exact) mass is 392 g/mol. The highest BCUT2D eigenvalue weighted by atomic mass is 35.5. The molecule has 1 aliphatic heterocycles. The number of aromatic nitrogens is 2. The van der Waals surface area contributed by atoms with Crippen LogP contribution in [0, 0.1) is 5.92 Å². The lowest BCUT2D eigenvalue weighted by atomic mass is 9.96. The second-order valence-electron chi connectivity index (χ2n) is 8.09. The van der Waals surface area contributed by atoms with Crippen LogP contribution in [0.15, 0.2) is 10.6 Å². The fourth-order valence-corrected chi connectivity index (χ4v) is 4.02. The molecule has 1 N–H and O–H groups in total. The predicted octanol–water partition coefficient (Wildman–Crippen LogP) is 3.72. The van der Waals surface area contributed by atoms with E-state index in [2.05, 4.69) is 29.3 Å². The number of carbonyl (C=O) groups excluding carboxylic acids is 1. The molecule has 0 aromatic carbocycles. The van der Waals surface area contributed by atoms with Crippen LogP contribution in [0.4, 0.5) is 0 Å². The molecule has 1 saturated carbocycles. The van der Waals surface area contributed by atoms with Crippen molar-refractivity contribution in [3.63, 3.8) is 0 Å². The molecule has 1 saturated heterocycles. The number of likely N-dealkylation sites (tertiary alicyclic amines) is 1. The van der Waals surface area contributed by atoms with E-state index >= 15 is 0 Å². The van der Waals surface area contributed by atoms with Gasteiger partial charge in [-0.3, -0.25) is 4.79 Å². The Morgan fingerprint density at radius 2 is 2.15 bits per heavy atom. The summed E-state index contributed by atoms with van der Waals surface area (Å²) in [6.07, 6.45) is 4.52. The van der Waals surface area contributed by atoms with Crippen LogP contribution in [0.2, 0.25) is 0 Å². The summed E-state index contributed by atoms with van der Waals surface area (Å²) >= 11 is 0. The molecule has 1 aliphatic carbocycles. The SMILES string of the molecule is CNCC1CCCN(C(=O)c2cc(C3CC3)nc3onc(C(C)C)c23)C1.Cl. The number of carbonyl (C=O) groups is 1. The zero-order chi connectivity index (χ0) is 18.3. The number of nitrogens with one attached hydrogen (secondary N) is 1. The van der Waals surface area contributed by atoms with Gasteiger partial charge in [0, 0.05) is 24.7 Å². The molecule has 0 radical (unpaired) electrons. The highest BCUT2D eigenvalue weighted by molar-refractivity contribution is 6.06. The molecule has 2 aliphatic rings. The second-order valence-corrected chi connectivity index (χ2v) is 8.09. The van der Waals surface area contributed by atoms with Gasteiger partial charge in [-0.1, -0.05) is 19.0 Å². The maximum absolute atomic E-state index is 13.4. The second kappa shape index (κ2) is 8.15. The molecule has 2 fully saturated rings. The minimum atomic E-state index is 0. The molecular formula is C20H29ClN4O2. The van der Waals surface area contributed by atoms with E-state index in [1.54, 1.807) is 0 Å². The minimum absolute atomic E-state index is 0. The first-order chi connectivity index (χ1) is 12.6. The van der Waals surface area contributed by atoms with Crippen molar-refractivity contribution in [2.24, 2.45) is 5.92 Å². The van der Waals surface area contributed by atoms with Crippen LogP contribution in [-0.4, -0.2) is 47.6 Å². The Hall–Kier alpha value is -1.66. The maximum Gasteiger partial charge on any atom is 0.259 e. The number of hydrogen-bond donors (Lipinski definition) is 1. The Morgan fingerprint density at radius 1 is 1.37 bits per heavy atom. The summed E-state index contributed by atoms with van der Waals surface area (Å²) < 4.78 is 5.52. The molecule has 1 amide bonds. The number of hydrogen-bond acceptors (Lipinski definition) is 5. The van der Waals surface area contributed by atoms with Gasteiger partial charge in [0.05, 0.1) is 16.6 Å². The lowest BCUT2D eigenvalue weighted by molar-refractivity contribution is 0.0676. The van der Waals surface area contributed by atoms with Gasteiger partial charge < -0.3 is 14.7 Å². The van der Waals surface area contributed by atoms with Gasteiger partial charge in [-0.05, 0) is 57.2 Å². The maximum atomic E-state index is 13.4. The molecule has 27 heavy (non-hydrogen) atoms. The Kier molecular flexibility index (Phi) is 6.06. The summed E-state index contributed by atoms with van der Waals surface area (Å²) in [5, 5.41) is 8.29. The number of halogens is 1. The van der Waals surface area contributed by atoms with Crippen molar-refractivity contribution in [3.05, 3.63) is 23.0 Å². The molecule has 2 aromatic rings. The standard InChI is InChI=1S/C20H28N4O2.ClH/c1-12(2)18-17-15(9-16(14-6-7-14)22-19(17)26-23-18)20(25)24-8-4-5-13(11-24)10-21-3;/h9,12-14,21H,4-8,10-11H2,1-3H3;1H. The average Bonchev–Trinajstić information content (AvgIpc) is 3.39. The first-order valence-corrected chi connectivity index (χ1v) is 9.82. The summed E-state index contributed by atoms with van der Waals surface area (Å²) in [7, 11) is 1.97. The number of piperidine rings is 1. The van der Waals surface area contributed by atoms with Gasteiger partial charge in [-0.15, -0.1) is 12.4 Å². The largest absolute Gasteiger partial charge is 0.338 e. The zero-order valence-electron chi connectivity index (χ0n) is 16.3. The number of nitrogens with zero attached hydrogens (tertiary/aromatic N) is 3. The summed E-state index contributed by atoms with van der Waals surface area (Å²) in [5.41, 5.74) is 3.07. The van der Waals surface area contributed by atoms with Crippen LogP contribution in [-0.2, 0) is 0 Å². The Bertz CT molecular complexity index is 814. The molecule has 0 bridgehead atoms. The van der Waals surface area contributed by atoms with Gasteiger partial charge in [0.2, 0.25) is 0 Å². The number of rotatable bonds is 5. The first kappa shape index (κ1) is 20.1. The van der Waals surface area contributed by atoms with Crippen LogP contribution in [0.25, 0.3) is 11.1 Å². The molecule has 0 spiro atoms. The minimum Gasteiger partial charge on any atom is -0.338 e. The van der Waals surface area contributed by atoms with Crippen LogP contribution in [0.1, 0.15) is 73.1 Å². The van der Waals surface area contributed by atoms with Gasteiger partial charge in [0.25, 0.3) is 11.6 Å². The molecule has 2 aromatic heterocycles. The lowest BCUT2D eigenvalue weighted by Crippen LogP contribution is -2.42. The summed E-state index contributed by atoms with van der Waals surface area (Å²) in [5.74, 6) is 1.28. The molecule has 1 unspecified atom stereocenters. The fraction of sp³-hybridized carbons (Fsp3) is 0.650. The number of pyridine rings is 1. The van der Waals surface area contributed by atoms with Crippen molar-refractivity contribution in [1.82, 2.24) is 20.4 Å². The van der Waals surface area contributed by atoms with E-state index in [0.717, 1.165) is 61.2 Å². The van der Waals surface area contributed by atoms with Crippen molar-refractivity contribution < 1.29 is 9.32 Å². The topological polar surface area (TPSA) is 71.3 Å². The highest BCUT2D eigenvalue weighted by Crippen LogP contribution is 2.41. The van der Waals surface area contributed by atoms with Crippen LogP contribution >= 0.6 is 12.4 Å². The van der Waals surface area contributed by atoms with Crippen molar-refractivity contribution in [1.29, 1.82) is 0 Å². The van der Waals surface area contributed by atoms with Gasteiger partial charge >= 0.3 is 0 Å². The molecule has 7 heteroatoms. The van der Waals surface area contributed by atoms with Crippen LogP contribution < -0.4 is 5.32 Å². The number of fused-ring (bicyclic) bond motifs is 1. The zero-order valence-corrected chi connectivity index (χ0v) is 17.1. The normalized spacial score (nSPS) is 20.1. The average molecular weight is 393 g/mol. The fourth-order valence-electron chi connectivity index (χ4n) is 4.02. The van der Waals surface area contributed by atoms with Gasteiger partial charge in [0.15, 0.2) is 0 Å². The molecule has 4 rings (SSSR count). The molecule has 148 valence electrons. The van der Waals surface area contributed by atoms with E-state index in [9.17, 15) is 4.79 Å². The van der Waals surface area contributed by atoms with Crippen molar-refractivity contribution in [3.8, 4) is 0 Å². The lowest BCUT2D eigenvalue weighted by Gasteiger charge is -2.33. The van der Waals surface area contributed by atoms with E-state index in [1.165, 1.54) is 6.42 Å². The van der Waals surface area contributed by atoms with E-state index < -0.39 is 0 Å². The van der Waals surface area contributed by atoms with E-state index in [1.807, 2.05) is 18.0 Å². The van der Waals surface area contributed by atoms with Crippen LogP contribution in [0.3, 0.4) is 0 Å². The van der Waals surface area contributed by atoms with Gasteiger partial charge in [-0.25, -0.2) is 4.98 Å². The highest BCUT2D eigenvalue weighted by Gasteiger charge is 2.32. The van der Waals surface area contributed by atoms with Crippen molar-refractivity contribution in [2.75, 3.05) is 26.7 Å². The van der Waals surface area contributed by atoms with E-state index in [-0.39, 0.29) is 24.2 Å². The molecule has 1 atom stereocenters.